The van der Waals surface area contributed by atoms with Crippen LogP contribution in [0.2, 0.25) is 0 Å². The number of carbonyl (C=O) groups excluding carboxylic acids is 1. The lowest BCUT2D eigenvalue weighted by Crippen LogP contribution is -2.14. The molecule has 20 heavy (non-hydrogen) atoms. The van der Waals surface area contributed by atoms with Crippen LogP contribution in [0, 0.1) is 6.92 Å². The lowest BCUT2D eigenvalue weighted by Gasteiger charge is -2.11. The first-order valence-electron chi connectivity index (χ1n) is 6.51. The van der Waals surface area contributed by atoms with Crippen LogP contribution in [0.4, 0.5) is 11.4 Å². The number of carbonyl (C=O) groups is 1. The van der Waals surface area contributed by atoms with Crippen molar-refractivity contribution < 1.29 is 9.53 Å². The summed E-state index contributed by atoms with van der Waals surface area (Å²) < 4.78 is 5.42. The molecule has 0 bridgehead atoms. The van der Waals surface area contributed by atoms with Gasteiger partial charge in [0.1, 0.15) is 5.75 Å². The van der Waals surface area contributed by atoms with E-state index >= 15 is 0 Å². The monoisotopic (exact) mass is 270 g/mol. The van der Waals surface area contributed by atoms with Gasteiger partial charge in [0.05, 0.1) is 12.2 Å². The van der Waals surface area contributed by atoms with E-state index in [1.54, 1.807) is 24.3 Å². The summed E-state index contributed by atoms with van der Waals surface area (Å²) in [5, 5.41) is 2.86. The number of nitrogens with one attached hydrogen (secondary N) is 1. The van der Waals surface area contributed by atoms with Crippen LogP contribution in [0.25, 0.3) is 0 Å². The summed E-state index contributed by atoms with van der Waals surface area (Å²) in [5.41, 5.74) is 8.43. The Morgan fingerprint density at radius 1 is 1.25 bits per heavy atom. The molecule has 2 aromatic carbocycles. The SMILES string of the molecule is CCOc1ccc(NC(=O)c2ccccc2N)c(C)c1. The maximum absolute atomic E-state index is 12.2. The summed E-state index contributed by atoms with van der Waals surface area (Å²) in [6, 6.07) is 12.6. The Balaban J connectivity index is 2.18. The second-order valence-electron chi connectivity index (χ2n) is 4.45. The molecule has 3 N–H and O–H groups in total. The van der Waals surface area contributed by atoms with E-state index in [9.17, 15) is 4.79 Å². The van der Waals surface area contributed by atoms with Crippen molar-refractivity contribution in [3.63, 3.8) is 0 Å². The number of nitrogens with two attached hydrogens (primary N) is 1. The number of hydrogen-bond donors (Lipinski definition) is 2. The number of rotatable bonds is 4. The Morgan fingerprint density at radius 2 is 2.00 bits per heavy atom. The molecule has 0 aliphatic rings. The van der Waals surface area contributed by atoms with Crippen molar-refractivity contribution in [3.05, 3.63) is 53.6 Å². The summed E-state index contributed by atoms with van der Waals surface area (Å²) >= 11 is 0. The molecule has 0 heterocycles. The fourth-order valence-electron chi connectivity index (χ4n) is 1.93. The van der Waals surface area contributed by atoms with Gasteiger partial charge in [-0.1, -0.05) is 12.1 Å². The molecule has 0 saturated heterocycles. The van der Waals surface area contributed by atoms with Crippen molar-refractivity contribution in [3.8, 4) is 5.75 Å². The molecule has 0 spiro atoms. The normalized spacial score (nSPS) is 10.1. The molecule has 0 unspecified atom stereocenters. The smallest absolute Gasteiger partial charge is 0.257 e. The van der Waals surface area contributed by atoms with Gasteiger partial charge in [0.25, 0.3) is 5.91 Å². The molecular formula is C16H18N2O2. The van der Waals surface area contributed by atoms with Gasteiger partial charge in [0.15, 0.2) is 0 Å². The molecular weight excluding hydrogens is 252 g/mol. The highest BCUT2D eigenvalue weighted by Gasteiger charge is 2.10. The van der Waals surface area contributed by atoms with Crippen LogP contribution in [0.3, 0.4) is 0 Å². The van der Waals surface area contributed by atoms with Gasteiger partial charge in [-0.15, -0.1) is 0 Å². The molecule has 4 nitrogen and oxygen atoms in total. The third-order valence-electron chi connectivity index (χ3n) is 2.96. The van der Waals surface area contributed by atoms with E-state index in [0.29, 0.717) is 17.9 Å². The third kappa shape index (κ3) is 3.09. The van der Waals surface area contributed by atoms with Crippen molar-refractivity contribution in [1.29, 1.82) is 0 Å². The third-order valence-corrected chi connectivity index (χ3v) is 2.96. The number of anilines is 2. The van der Waals surface area contributed by atoms with E-state index in [-0.39, 0.29) is 5.91 Å². The average molecular weight is 270 g/mol. The standard InChI is InChI=1S/C16H18N2O2/c1-3-20-12-8-9-15(11(2)10-12)18-16(19)13-6-4-5-7-14(13)17/h4-10H,3,17H2,1-2H3,(H,18,19). The number of aryl methyl sites for hydroxylation is 1. The summed E-state index contributed by atoms with van der Waals surface area (Å²) in [5.74, 6) is 0.581. The largest absolute Gasteiger partial charge is 0.494 e. The fraction of sp³-hybridized carbons (Fsp3) is 0.188. The summed E-state index contributed by atoms with van der Waals surface area (Å²) in [4.78, 5) is 12.2. The second kappa shape index (κ2) is 6.10. The minimum atomic E-state index is -0.213. The van der Waals surface area contributed by atoms with Crippen LogP contribution in [0.5, 0.6) is 5.75 Å². The summed E-state index contributed by atoms with van der Waals surface area (Å²) in [6.07, 6.45) is 0. The van der Waals surface area contributed by atoms with Gasteiger partial charge in [-0.3, -0.25) is 4.79 Å². The van der Waals surface area contributed by atoms with E-state index in [1.807, 2.05) is 32.0 Å². The van der Waals surface area contributed by atoms with E-state index in [0.717, 1.165) is 17.0 Å². The second-order valence-corrected chi connectivity index (χ2v) is 4.45. The molecule has 0 aliphatic heterocycles. The van der Waals surface area contributed by atoms with Crippen LogP contribution in [-0.2, 0) is 0 Å². The summed E-state index contributed by atoms with van der Waals surface area (Å²) in [7, 11) is 0. The maximum atomic E-state index is 12.2. The Labute approximate surface area is 118 Å². The molecule has 2 rings (SSSR count). The number of benzene rings is 2. The Kier molecular flexibility index (Phi) is 4.25. The highest BCUT2D eigenvalue weighted by Crippen LogP contribution is 2.22. The summed E-state index contributed by atoms with van der Waals surface area (Å²) in [6.45, 7) is 4.47. The van der Waals surface area contributed by atoms with Crippen molar-refractivity contribution in [2.75, 3.05) is 17.7 Å². The van der Waals surface area contributed by atoms with Crippen molar-refractivity contribution >= 4 is 17.3 Å². The molecule has 2 aromatic rings. The van der Waals surface area contributed by atoms with Crippen molar-refractivity contribution in [2.45, 2.75) is 13.8 Å². The molecule has 0 fully saturated rings. The minimum absolute atomic E-state index is 0.213. The van der Waals surface area contributed by atoms with Crippen LogP contribution in [0.15, 0.2) is 42.5 Å². The topological polar surface area (TPSA) is 64.3 Å². The van der Waals surface area contributed by atoms with Gasteiger partial charge in [0, 0.05) is 11.4 Å². The van der Waals surface area contributed by atoms with Crippen molar-refractivity contribution in [1.82, 2.24) is 0 Å². The van der Waals surface area contributed by atoms with Crippen LogP contribution >= 0.6 is 0 Å². The van der Waals surface area contributed by atoms with Gasteiger partial charge in [-0.2, -0.15) is 0 Å². The average Bonchev–Trinajstić information content (AvgIpc) is 2.42. The number of nitrogen functional groups attached to an aromatic ring is 1. The molecule has 0 radical (unpaired) electrons. The van der Waals surface area contributed by atoms with Crippen LogP contribution < -0.4 is 15.8 Å². The number of para-hydroxylation sites is 1. The minimum Gasteiger partial charge on any atom is -0.494 e. The molecule has 1 amide bonds. The van der Waals surface area contributed by atoms with Gasteiger partial charge in [0.2, 0.25) is 0 Å². The number of amides is 1. The van der Waals surface area contributed by atoms with Gasteiger partial charge in [-0.25, -0.2) is 0 Å². The first kappa shape index (κ1) is 13.9. The molecule has 0 aromatic heterocycles. The first-order valence-corrected chi connectivity index (χ1v) is 6.51. The quantitative estimate of drug-likeness (QED) is 0.838. The predicted molar refractivity (Wildman–Crippen MR) is 81.2 cm³/mol. The molecule has 0 atom stereocenters. The molecule has 104 valence electrons. The van der Waals surface area contributed by atoms with Crippen LogP contribution in [-0.4, -0.2) is 12.5 Å². The van der Waals surface area contributed by atoms with E-state index in [2.05, 4.69) is 5.32 Å². The lowest BCUT2D eigenvalue weighted by molar-refractivity contribution is 0.102. The molecule has 0 aliphatic carbocycles. The fourth-order valence-corrected chi connectivity index (χ4v) is 1.93. The zero-order valence-corrected chi connectivity index (χ0v) is 11.6. The first-order chi connectivity index (χ1) is 9.61. The van der Waals surface area contributed by atoms with Gasteiger partial charge >= 0.3 is 0 Å². The predicted octanol–water partition coefficient (Wildman–Crippen LogP) is 3.23. The number of hydrogen-bond acceptors (Lipinski definition) is 3. The lowest BCUT2D eigenvalue weighted by atomic mass is 10.1. The van der Waals surface area contributed by atoms with Crippen LogP contribution in [0.1, 0.15) is 22.8 Å². The number of ether oxygens (including phenoxy) is 1. The highest BCUT2D eigenvalue weighted by molar-refractivity contribution is 6.08. The molecule has 0 saturated carbocycles. The van der Waals surface area contributed by atoms with Gasteiger partial charge in [-0.05, 0) is 49.7 Å². The Bertz CT molecular complexity index is 624. The van der Waals surface area contributed by atoms with E-state index in [4.69, 9.17) is 10.5 Å². The zero-order chi connectivity index (χ0) is 14.5. The van der Waals surface area contributed by atoms with E-state index < -0.39 is 0 Å². The molecule has 4 heteroatoms. The Hall–Kier alpha value is -2.49. The highest BCUT2D eigenvalue weighted by atomic mass is 16.5. The zero-order valence-electron chi connectivity index (χ0n) is 11.6. The van der Waals surface area contributed by atoms with E-state index in [1.165, 1.54) is 0 Å². The Morgan fingerprint density at radius 3 is 2.65 bits per heavy atom. The van der Waals surface area contributed by atoms with Crippen molar-refractivity contribution in [2.24, 2.45) is 0 Å². The maximum Gasteiger partial charge on any atom is 0.257 e. The van der Waals surface area contributed by atoms with Gasteiger partial charge < -0.3 is 15.8 Å².